The van der Waals surface area contributed by atoms with Crippen molar-refractivity contribution in [2.45, 2.75) is 13.8 Å². The van der Waals surface area contributed by atoms with Gasteiger partial charge in [-0.2, -0.15) is 4.80 Å². The van der Waals surface area contributed by atoms with Crippen LogP contribution in [0.3, 0.4) is 0 Å². The largest absolute Gasteiger partial charge is 0.495 e. The van der Waals surface area contributed by atoms with Gasteiger partial charge in [0.2, 0.25) is 0 Å². The van der Waals surface area contributed by atoms with Crippen molar-refractivity contribution in [3.63, 3.8) is 0 Å². The van der Waals surface area contributed by atoms with Gasteiger partial charge in [0.25, 0.3) is 5.91 Å². The minimum Gasteiger partial charge on any atom is -0.495 e. The fraction of sp³-hybridized carbons (Fsp3) is 0.167. The van der Waals surface area contributed by atoms with Crippen LogP contribution in [0.5, 0.6) is 11.5 Å². The lowest BCUT2D eigenvalue weighted by atomic mass is 10.2. The molecule has 0 radical (unpaired) electrons. The molecule has 1 amide bonds. The molecule has 0 aliphatic rings. The van der Waals surface area contributed by atoms with E-state index in [9.17, 15) is 4.79 Å². The molecule has 1 aromatic heterocycles. The highest BCUT2D eigenvalue weighted by atomic mass is 35.5. The molecule has 0 aliphatic carbocycles. The highest BCUT2D eigenvalue weighted by Gasteiger charge is 2.13. The summed E-state index contributed by atoms with van der Waals surface area (Å²) in [5.41, 5.74) is 4.20. The third-order valence-electron chi connectivity index (χ3n) is 4.99. The van der Waals surface area contributed by atoms with Gasteiger partial charge in [-0.3, -0.25) is 10.1 Å². The van der Waals surface area contributed by atoms with Gasteiger partial charge in [-0.25, -0.2) is 0 Å². The van der Waals surface area contributed by atoms with E-state index in [-0.39, 0.29) is 11.0 Å². The van der Waals surface area contributed by atoms with Gasteiger partial charge in [-0.15, -0.1) is 10.2 Å². The summed E-state index contributed by atoms with van der Waals surface area (Å²) in [4.78, 5) is 14.1. The van der Waals surface area contributed by atoms with Gasteiger partial charge in [0.05, 0.1) is 24.4 Å². The van der Waals surface area contributed by atoms with Crippen LogP contribution >= 0.6 is 23.8 Å². The Bertz CT molecular complexity index is 1370. The Hall–Kier alpha value is -3.69. The predicted octanol–water partition coefficient (Wildman–Crippen LogP) is 4.92. The maximum Gasteiger partial charge on any atom is 0.257 e. The summed E-state index contributed by atoms with van der Waals surface area (Å²) in [7, 11) is 1.51. The molecule has 0 bridgehead atoms. The fourth-order valence-electron chi connectivity index (χ4n) is 3.30. The second kappa shape index (κ2) is 10.1. The molecule has 0 saturated heterocycles. The number of amides is 1. The van der Waals surface area contributed by atoms with Gasteiger partial charge in [-0.05, 0) is 86.2 Å². The molecule has 0 aliphatic heterocycles. The Balaban J connectivity index is 1.49. The smallest absolute Gasteiger partial charge is 0.257 e. The molecule has 34 heavy (non-hydrogen) atoms. The Labute approximate surface area is 206 Å². The third kappa shape index (κ3) is 5.11. The minimum atomic E-state index is -0.387. The number of rotatable bonds is 6. The quantitative estimate of drug-likeness (QED) is 0.367. The van der Waals surface area contributed by atoms with Crippen molar-refractivity contribution < 1.29 is 14.3 Å². The molecule has 174 valence electrons. The number of thiocarbonyl (C=S) groups is 1. The molecule has 8 nitrogen and oxygen atoms in total. The van der Waals surface area contributed by atoms with Crippen LogP contribution in [0.2, 0.25) is 5.02 Å². The number of hydrogen-bond acceptors (Lipinski definition) is 6. The number of methoxy groups -OCH3 is 1. The zero-order valence-corrected chi connectivity index (χ0v) is 20.3. The Morgan fingerprint density at radius 3 is 2.44 bits per heavy atom. The van der Waals surface area contributed by atoms with Crippen LogP contribution in [0.25, 0.3) is 16.7 Å². The summed E-state index contributed by atoms with van der Waals surface area (Å²) in [5, 5.41) is 15.3. The van der Waals surface area contributed by atoms with Gasteiger partial charge < -0.3 is 14.8 Å². The number of halogens is 1. The van der Waals surface area contributed by atoms with Crippen molar-refractivity contribution >= 4 is 51.6 Å². The molecule has 3 aromatic carbocycles. The van der Waals surface area contributed by atoms with E-state index in [4.69, 9.17) is 33.3 Å². The van der Waals surface area contributed by atoms with Crippen molar-refractivity contribution in [3.05, 3.63) is 70.7 Å². The van der Waals surface area contributed by atoms with Gasteiger partial charge >= 0.3 is 0 Å². The molecule has 0 saturated carbocycles. The Morgan fingerprint density at radius 1 is 1.09 bits per heavy atom. The minimum absolute atomic E-state index is 0.151. The maximum atomic E-state index is 12.5. The van der Waals surface area contributed by atoms with E-state index in [2.05, 4.69) is 20.8 Å². The number of nitrogens with zero attached hydrogens (tertiary/aromatic N) is 3. The number of fused-ring (bicyclic) bond motifs is 1. The Kier molecular flexibility index (Phi) is 6.95. The van der Waals surface area contributed by atoms with Crippen molar-refractivity contribution in [2.75, 3.05) is 19.0 Å². The number of aromatic nitrogens is 3. The first-order valence-electron chi connectivity index (χ1n) is 10.4. The number of ether oxygens (including phenoxy) is 2. The number of carbonyl (C=O) groups is 1. The lowest BCUT2D eigenvalue weighted by Crippen LogP contribution is -2.34. The molecule has 1 heterocycles. The molecule has 4 rings (SSSR count). The van der Waals surface area contributed by atoms with Gasteiger partial charge in [-0.1, -0.05) is 11.6 Å². The van der Waals surface area contributed by atoms with Crippen molar-refractivity contribution in [1.29, 1.82) is 0 Å². The summed E-state index contributed by atoms with van der Waals surface area (Å²) < 4.78 is 10.6. The molecule has 0 fully saturated rings. The van der Waals surface area contributed by atoms with E-state index >= 15 is 0 Å². The molecular formula is C24H22ClN5O3S. The van der Waals surface area contributed by atoms with Crippen LogP contribution < -0.4 is 20.1 Å². The lowest BCUT2D eigenvalue weighted by Gasteiger charge is -2.12. The number of hydrogen-bond donors (Lipinski definition) is 2. The van der Waals surface area contributed by atoms with E-state index in [1.54, 1.807) is 16.9 Å². The first-order valence-corrected chi connectivity index (χ1v) is 11.2. The van der Waals surface area contributed by atoms with Crippen molar-refractivity contribution in [2.24, 2.45) is 0 Å². The summed E-state index contributed by atoms with van der Waals surface area (Å²) >= 11 is 11.4. The number of carbonyl (C=O) groups excluding carboxylic acids is 1. The van der Waals surface area contributed by atoms with E-state index in [0.717, 1.165) is 22.5 Å². The normalized spacial score (nSPS) is 10.7. The fourth-order valence-corrected chi connectivity index (χ4v) is 3.76. The number of aryl methyl sites for hydroxylation is 1. The average Bonchev–Trinajstić information content (AvgIpc) is 3.22. The number of anilines is 1. The molecular weight excluding hydrogens is 474 g/mol. The highest BCUT2D eigenvalue weighted by molar-refractivity contribution is 7.80. The summed E-state index contributed by atoms with van der Waals surface area (Å²) in [6.07, 6.45) is 0. The predicted molar refractivity (Wildman–Crippen MR) is 136 cm³/mol. The topological polar surface area (TPSA) is 90.3 Å². The highest BCUT2D eigenvalue weighted by Crippen LogP contribution is 2.25. The van der Waals surface area contributed by atoms with Gasteiger partial charge in [0.1, 0.15) is 22.5 Å². The second-order valence-corrected chi connectivity index (χ2v) is 8.15. The molecule has 0 spiro atoms. The van der Waals surface area contributed by atoms with E-state index in [1.807, 2.05) is 50.2 Å². The Morgan fingerprint density at radius 2 is 1.79 bits per heavy atom. The zero-order chi connectivity index (χ0) is 24.2. The van der Waals surface area contributed by atoms with Crippen LogP contribution in [0.15, 0.2) is 54.6 Å². The zero-order valence-electron chi connectivity index (χ0n) is 18.8. The monoisotopic (exact) mass is 495 g/mol. The van der Waals surface area contributed by atoms with E-state index < -0.39 is 0 Å². The van der Waals surface area contributed by atoms with E-state index in [0.29, 0.717) is 34.1 Å². The summed E-state index contributed by atoms with van der Waals surface area (Å²) in [6.45, 7) is 4.47. The molecule has 4 aromatic rings. The molecule has 0 atom stereocenters. The summed E-state index contributed by atoms with van der Waals surface area (Å²) in [5.74, 6) is 0.890. The van der Waals surface area contributed by atoms with E-state index in [1.165, 1.54) is 13.2 Å². The number of benzene rings is 3. The molecule has 0 unspecified atom stereocenters. The third-order valence-corrected chi connectivity index (χ3v) is 5.49. The average molecular weight is 496 g/mol. The second-order valence-electron chi connectivity index (χ2n) is 7.33. The standard InChI is InChI=1S/C24H22ClN5O3S/c1-4-33-17-8-6-16(7-9-17)30-28-20-11-14(2)19(13-21(20)29-30)26-24(34)27-23(31)15-5-10-22(32-3)18(25)12-15/h5-13H,4H2,1-3H3,(H2,26,27,31,34). The summed E-state index contributed by atoms with van der Waals surface area (Å²) in [6, 6.07) is 16.0. The van der Waals surface area contributed by atoms with Crippen molar-refractivity contribution in [1.82, 2.24) is 20.3 Å². The number of nitrogens with one attached hydrogen (secondary N) is 2. The maximum absolute atomic E-state index is 12.5. The SMILES string of the molecule is CCOc1ccc(-n2nc3cc(C)c(NC(=S)NC(=O)c4ccc(OC)c(Cl)c4)cc3n2)cc1. The first kappa shape index (κ1) is 23.5. The molecule has 10 heteroatoms. The van der Waals surface area contributed by atoms with Gasteiger partial charge in [0, 0.05) is 11.3 Å². The van der Waals surface area contributed by atoms with Crippen LogP contribution in [0.1, 0.15) is 22.8 Å². The van der Waals surface area contributed by atoms with Crippen LogP contribution in [0.4, 0.5) is 5.69 Å². The van der Waals surface area contributed by atoms with Crippen molar-refractivity contribution in [3.8, 4) is 17.2 Å². The van der Waals surface area contributed by atoms with Crippen LogP contribution in [0, 0.1) is 6.92 Å². The molecule has 2 N–H and O–H groups in total. The van der Waals surface area contributed by atoms with Crippen LogP contribution in [-0.4, -0.2) is 39.7 Å². The lowest BCUT2D eigenvalue weighted by molar-refractivity contribution is 0.0977. The van der Waals surface area contributed by atoms with Gasteiger partial charge in [0.15, 0.2) is 5.11 Å². The van der Waals surface area contributed by atoms with Crippen LogP contribution in [-0.2, 0) is 0 Å². The first-order chi connectivity index (χ1) is 16.4.